The van der Waals surface area contributed by atoms with E-state index in [1.807, 2.05) is 0 Å². The number of carbonyl (C=O) groups excluding carboxylic acids is 1. The second-order valence-electron chi connectivity index (χ2n) is 3.45. The predicted molar refractivity (Wildman–Crippen MR) is 64.8 cm³/mol. The number of rotatable bonds is 5. The number of aromatic hydroxyl groups is 1. The number of halogens is 1. The van der Waals surface area contributed by atoms with Crippen LogP contribution in [0.1, 0.15) is 22.0 Å². The van der Waals surface area contributed by atoms with E-state index >= 15 is 0 Å². The van der Waals surface area contributed by atoms with Crippen LogP contribution in [-0.4, -0.2) is 40.1 Å². The molecule has 0 saturated carbocycles. The fraction of sp³-hybridized carbons (Fsp3) is 0.364. The van der Waals surface area contributed by atoms with Crippen LogP contribution in [0.3, 0.4) is 0 Å². The van der Waals surface area contributed by atoms with E-state index in [1.54, 1.807) is 0 Å². The topological polar surface area (TPSA) is 87.0 Å². The lowest BCUT2D eigenvalue weighted by Crippen LogP contribution is -2.19. The maximum atomic E-state index is 10.7. The molecule has 5 nitrogen and oxygen atoms in total. The second kappa shape index (κ2) is 6.00. The Balaban J connectivity index is 3.26. The van der Waals surface area contributed by atoms with Crippen LogP contribution in [0, 0.1) is 0 Å². The molecule has 17 heavy (non-hydrogen) atoms. The molecule has 0 aliphatic rings. The average molecular weight is 305 g/mol. The molecule has 0 aromatic heterocycles. The van der Waals surface area contributed by atoms with Gasteiger partial charge in [-0.3, -0.25) is 4.79 Å². The summed E-state index contributed by atoms with van der Waals surface area (Å²) >= 11 is 3.02. The van der Waals surface area contributed by atoms with Gasteiger partial charge in [-0.2, -0.15) is 0 Å². The van der Waals surface area contributed by atoms with Gasteiger partial charge in [0.1, 0.15) is 12.4 Å². The van der Waals surface area contributed by atoms with Crippen molar-refractivity contribution in [1.29, 1.82) is 0 Å². The lowest BCUT2D eigenvalue weighted by Gasteiger charge is -2.18. The Labute approximate surface area is 107 Å². The number of ether oxygens (including phenoxy) is 1. The quantitative estimate of drug-likeness (QED) is 0.558. The van der Waals surface area contributed by atoms with Gasteiger partial charge >= 0.3 is 0 Å². The molecule has 3 N–H and O–H groups in total. The summed E-state index contributed by atoms with van der Waals surface area (Å²) in [5, 5.41) is 29.2. The minimum absolute atomic E-state index is 0.0541. The number of aldehydes is 1. The minimum Gasteiger partial charge on any atom is -0.504 e. The molecule has 0 spiro atoms. The number of hydrogen-bond donors (Lipinski definition) is 3. The van der Waals surface area contributed by atoms with E-state index in [4.69, 9.17) is 4.74 Å². The number of methoxy groups -OCH3 is 1. The molecule has 0 heterocycles. The second-order valence-corrected chi connectivity index (χ2v) is 4.09. The lowest BCUT2D eigenvalue weighted by molar-refractivity contribution is 0.0325. The smallest absolute Gasteiger partial charge is 0.163 e. The molecule has 0 saturated heterocycles. The summed E-state index contributed by atoms with van der Waals surface area (Å²) in [4.78, 5) is 10.7. The first-order chi connectivity index (χ1) is 8.04. The van der Waals surface area contributed by atoms with Crippen molar-refractivity contribution in [2.24, 2.45) is 0 Å². The summed E-state index contributed by atoms with van der Waals surface area (Å²) in [6.07, 6.45) is -1.82. The zero-order chi connectivity index (χ0) is 13.0. The number of aliphatic hydroxyl groups excluding tert-OH is 2. The zero-order valence-corrected chi connectivity index (χ0v) is 10.7. The molecule has 1 rings (SSSR count). The molecule has 0 bridgehead atoms. The van der Waals surface area contributed by atoms with E-state index in [9.17, 15) is 20.1 Å². The summed E-state index contributed by atoms with van der Waals surface area (Å²) in [6.45, 7) is 0. The third kappa shape index (κ3) is 2.96. The molecule has 1 aromatic rings. The summed E-state index contributed by atoms with van der Waals surface area (Å²) in [6, 6.07) is 2.65. The zero-order valence-electron chi connectivity index (χ0n) is 9.13. The molecule has 0 aliphatic carbocycles. The Bertz CT molecular complexity index is 407. The van der Waals surface area contributed by atoms with Crippen LogP contribution in [0.4, 0.5) is 0 Å². The SMILES string of the molecule is COc1cc(C=O)cc(C(O)C(O)CBr)c1O. The molecule has 0 aliphatic heterocycles. The molecular weight excluding hydrogens is 292 g/mol. The van der Waals surface area contributed by atoms with Gasteiger partial charge in [-0.1, -0.05) is 15.9 Å². The molecule has 94 valence electrons. The summed E-state index contributed by atoms with van der Waals surface area (Å²) in [7, 11) is 1.33. The molecule has 0 amide bonds. The van der Waals surface area contributed by atoms with Gasteiger partial charge in [0.15, 0.2) is 11.5 Å². The Morgan fingerprint density at radius 2 is 2.12 bits per heavy atom. The van der Waals surface area contributed by atoms with Crippen LogP contribution in [0.2, 0.25) is 0 Å². The van der Waals surface area contributed by atoms with E-state index in [1.165, 1.54) is 19.2 Å². The number of aliphatic hydroxyl groups is 2. The first-order valence-electron chi connectivity index (χ1n) is 4.83. The molecule has 1 aromatic carbocycles. The van der Waals surface area contributed by atoms with Gasteiger partial charge < -0.3 is 20.1 Å². The van der Waals surface area contributed by atoms with Crippen molar-refractivity contribution in [3.05, 3.63) is 23.3 Å². The van der Waals surface area contributed by atoms with Gasteiger partial charge in [-0.05, 0) is 12.1 Å². The summed E-state index contributed by atoms with van der Waals surface area (Å²) < 4.78 is 4.88. The monoisotopic (exact) mass is 304 g/mol. The van der Waals surface area contributed by atoms with Gasteiger partial charge in [0.05, 0.1) is 13.2 Å². The predicted octanol–water partition coefficient (Wildman–Crippen LogP) is 1.00. The fourth-order valence-corrected chi connectivity index (χ4v) is 1.75. The van der Waals surface area contributed by atoms with Gasteiger partial charge in [0, 0.05) is 16.5 Å². The van der Waals surface area contributed by atoms with Gasteiger partial charge in [-0.15, -0.1) is 0 Å². The number of alkyl halides is 1. The Morgan fingerprint density at radius 1 is 1.47 bits per heavy atom. The fourth-order valence-electron chi connectivity index (χ4n) is 1.39. The van der Waals surface area contributed by atoms with Crippen LogP contribution in [0.5, 0.6) is 11.5 Å². The van der Waals surface area contributed by atoms with Crippen molar-refractivity contribution in [3.8, 4) is 11.5 Å². The van der Waals surface area contributed by atoms with E-state index in [0.717, 1.165) is 0 Å². The highest BCUT2D eigenvalue weighted by Crippen LogP contribution is 2.36. The van der Waals surface area contributed by atoms with Crippen LogP contribution in [-0.2, 0) is 0 Å². The van der Waals surface area contributed by atoms with Gasteiger partial charge in [-0.25, -0.2) is 0 Å². The van der Waals surface area contributed by atoms with Crippen molar-refractivity contribution < 1.29 is 24.9 Å². The number of phenolic OH excluding ortho intramolecular Hbond substituents is 1. The van der Waals surface area contributed by atoms with Crippen LogP contribution >= 0.6 is 15.9 Å². The van der Waals surface area contributed by atoms with Crippen LogP contribution < -0.4 is 4.74 Å². The van der Waals surface area contributed by atoms with Crippen LogP contribution in [0.25, 0.3) is 0 Å². The molecule has 6 heteroatoms. The van der Waals surface area contributed by atoms with E-state index in [0.29, 0.717) is 6.29 Å². The van der Waals surface area contributed by atoms with Crippen molar-refractivity contribution in [2.45, 2.75) is 12.2 Å². The minimum atomic E-state index is -1.30. The first kappa shape index (κ1) is 14.0. The normalized spacial score (nSPS) is 14.1. The van der Waals surface area contributed by atoms with Crippen molar-refractivity contribution >= 4 is 22.2 Å². The number of carbonyl (C=O) groups is 1. The number of hydrogen-bond acceptors (Lipinski definition) is 5. The highest BCUT2D eigenvalue weighted by atomic mass is 79.9. The Morgan fingerprint density at radius 3 is 2.59 bits per heavy atom. The molecule has 2 atom stereocenters. The third-order valence-electron chi connectivity index (χ3n) is 2.32. The highest BCUT2D eigenvalue weighted by Gasteiger charge is 2.23. The molecule has 0 radical (unpaired) electrons. The van der Waals surface area contributed by atoms with Gasteiger partial charge in [0.25, 0.3) is 0 Å². The summed E-state index contributed by atoms with van der Waals surface area (Å²) in [5.41, 5.74) is 0.300. The van der Waals surface area contributed by atoms with Gasteiger partial charge in [0.2, 0.25) is 0 Å². The largest absolute Gasteiger partial charge is 0.504 e. The maximum Gasteiger partial charge on any atom is 0.163 e. The van der Waals surface area contributed by atoms with E-state index in [2.05, 4.69) is 15.9 Å². The maximum absolute atomic E-state index is 10.7. The molecular formula is C11H13BrO5. The lowest BCUT2D eigenvalue weighted by atomic mass is 10.0. The number of phenols is 1. The first-order valence-corrected chi connectivity index (χ1v) is 5.95. The Kier molecular flexibility index (Phi) is 4.92. The summed E-state index contributed by atoms with van der Waals surface area (Å²) in [5.74, 6) is -0.212. The van der Waals surface area contributed by atoms with Crippen molar-refractivity contribution in [3.63, 3.8) is 0 Å². The number of benzene rings is 1. The van der Waals surface area contributed by atoms with Crippen molar-refractivity contribution in [2.75, 3.05) is 12.4 Å². The third-order valence-corrected chi connectivity index (χ3v) is 2.99. The molecule has 0 fully saturated rings. The average Bonchev–Trinajstić information content (AvgIpc) is 2.37. The highest BCUT2D eigenvalue weighted by molar-refractivity contribution is 9.09. The Hall–Kier alpha value is -1.11. The van der Waals surface area contributed by atoms with E-state index in [-0.39, 0.29) is 28.0 Å². The standard InChI is InChI=1S/C11H13BrO5/c1-17-9-3-6(5-13)2-7(11(9)16)10(15)8(14)4-12/h2-3,5,8,10,14-16H,4H2,1H3. The van der Waals surface area contributed by atoms with Crippen molar-refractivity contribution in [1.82, 2.24) is 0 Å². The van der Waals surface area contributed by atoms with Crippen LogP contribution in [0.15, 0.2) is 12.1 Å². The van der Waals surface area contributed by atoms with E-state index < -0.39 is 12.2 Å². The molecule has 2 unspecified atom stereocenters.